The van der Waals surface area contributed by atoms with E-state index >= 15 is 0 Å². The van der Waals surface area contributed by atoms with Crippen LogP contribution in [0, 0.1) is 11.8 Å². The van der Waals surface area contributed by atoms with Crippen LogP contribution in [0.15, 0.2) is 0 Å². The van der Waals surface area contributed by atoms with E-state index in [-0.39, 0.29) is 0 Å². The van der Waals surface area contributed by atoms with E-state index in [0.29, 0.717) is 0 Å². The second kappa shape index (κ2) is 7.60. The first-order valence-electron chi connectivity index (χ1n) is 6.94. The predicted octanol–water partition coefficient (Wildman–Crippen LogP) is 3.84. The summed E-state index contributed by atoms with van der Waals surface area (Å²) in [4.78, 5) is 2.60. The third-order valence-corrected chi connectivity index (χ3v) is 4.39. The minimum atomic E-state index is 0.834. The second-order valence-corrected chi connectivity index (χ2v) is 6.26. The van der Waals surface area contributed by atoms with Crippen molar-refractivity contribution in [2.24, 2.45) is 11.8 Å². The van der Waals surface area contributed by atoms with E-state index in [2.05, 4.69) is 38.4 Å². The summed E-state index contributed by atoms with van der Waals surface area (Å²) in [7, 11) is 2.32. The Bertz CT molecular complexity index is 184. The molecule has 2 heteroatoms. The third kappa shape index (κ3) is 5.09. The molecule has 0 heterocycles. The monoisotopic (exact) mass is 243 g/mol. The standard InChI is InChI=1S/C14H29NS/c1-12(8-10-16)7-9-15(3)14-6-4-5-13(2)11-14/h12-14,16H,4-11H2,1-3H3. The highest BCUT2D eigenvalue weighted by atomic mass is 32.1. The molecule has 16 heavy (non-hydrogen) atoms. The van der Waals surface area contributed by atoms with Crippen LogP contribution in [0.5, 0.6) is 0 Å². The van der Waals surface area contributed by atoms with Crippen molar-refractivity contribution in [3.63, 3.8) is 0 Å². The van der Waals surface area contributed by atoms with Crippen LogP contribution in [0.1, 0.15) is 52.4 Å². The molecule has 1 aliphatic rings. The summed E-state index contributed by atoms with van der Waals surface area (Å²) in [5.74, 6) is 2.81. The summed E-state index contributed by atoms with van der Waals surface area (Å²) in [5.41, 5.74) is 0. The van der Waals surface area contributed by atoms with Crippen LogP contribution < -0.4 is 0 Å². The van der Waals surface area contributed by atoms with Gasteiger partial charge in [0.1, 0.15) is 0 Å². The Morgan fingerprint density at radius 2 is 2.06 bits per heavy atom. The van der Waals surface area contributed by atoms with Gasteiger partial charge < -0.3 is 4.90 Å². The van der Waals surface area contributed by atoms with Crippen molar-refractivity contribution in [1.29, 1.82) is 0 Å². The molecule has 0 saturated heterocycles. The average Bonchev–Trinajstić information content (AvgIpc) is 2.26. The smallest absolute Gasteiger partial charge is 0.00947 e. The summed E-state index contributed by atoms with van der Waals surface area (Å²) in [6, 6.07) is 0.854. The van der Waals surface area contributed by atoms with Gasteiger partial charge in [-0.05, 0) is 56.9 Å². The fourth-order valence-corrected chi connectivity index (χ4v) is 3.21. The van der Waals surface area contributed by atoms with Crippen LogP contribution in [0.2, 0.25) is 0 Å². The Labute approximate surface area is 107 Å². The number of thiol groups is 1. The van der Waals surface area contributed by atoms with Crippen LogP contribution in [0.25, 0.3) is 0 Å². The zero-order valence-electron chi connectivity index (χ0n) is 11.3. The van der Waals surface area contributed by atoms with Gasteiger partial charge in [-0.1, -0.05) is 26.7 Å². The molecule has 0 radical (unpaired) electrons. The van der Waals surface area contributed by atoms with Gasteiger partial charge in [-0.15, -0.1) is 0 Å². The number of hydrogen-bond donors (Lipinski definition) is 1. The lowest BCUT2D eigenvalue weighted by molar-refractivity contribution is 0.156. The molecular weight excluding hydrogens is 214 g/mol. The molecule has 0 bridgehead atoms. The first-order chi connectivity index (χ1) is 7.63. The molecule has 0 spiro atoms. The predicted molar refractivity (Wildman–Crippen MR) is 76.3 cm³/mol. The van der Waals surface area contributed by atoms with E-state index in [4.69, 9.17) is 0 Å². The van der Waals surface area contributed by atoms with Crippen LogP contribution in [0.4, 0.5) is 0 Å². The maximum Gasteiger partial charge on any atom is 0.00947 e. The number of nitrogens with zero attached hydrogens (tertiary/aromatic N) is 1. The largest absolute Gasteiger partial charge is 0.303 e. The normalized spacial score (nSPS) is 28.3. The Hall–Kier alpha value is 0.310. The molecule has 3 unspecified atom stereocenters. The Morgan fingerprint density at radius 1 is 1.31 bits per heavy atom. The fourth-order valence-electron chi connectivity index (χ4n) is 2.77. The van der Waals surface area contributed by atoms with Crippen molar-refractivity contribution in [3.05, 3.63) is 0 Å². The highest BCUT2D eigenvalue weighted by Crippen LogP contribution is 2.27. The average molecular weight is 243 g/mol. The van der Waals surface area contributed by atoms with Gasteiger partial charge in [-0.2, -0.15) is 12.6 Å². The van der Waals surface area contributed by atoms with E-state index in [1.165, 1.54) is 45.1 Å². The lowest BCUT2D eigenvalue weighted by Crippen LogP contribution is -2.36. The minimum Gasteiger partial charge on any atom is -0.303 e. The molecule has 96 valence electrons. The molecule has 0 aromatic carbocycles. The second-order valence-electron chi connectivity index (χ2n) is 5.81. The first kappa shape index (κ1) is 14.4. The van der Waals surface area contributed by atoms with Gasteiger partial charge in [0.25, 0.3) is 0 Å². The molecular formula is C14H29NS. The zero-order valence-corrected chi connectivity index (χ0v) is 12.2. The van der Waals surface area contributed by atoms with Gasteiger partial charge in [-0.3, -0.25) is 0 Å². The summed E-state index contributed by atoms with van der Waals surface area (Å²) in [5, 5.41) is 0. The molecule has 0 aliphatic heterocycles. The lowest BCUT2D eigenvalue weighted by Gasteiger charge is -2.34. The summed E-state index contributed by atoms with van der Waals surface area (Å²) in [6.45, 7) is 6.03. The molecule has 0 N–H and O–H groups in total. The zero-order chi connectivity index (χ0) is 12.0. The fraction of sp³-hybridized carbons (Fsp3) is 1.00. The van der Waals surface area contributed by atoms with Gasteiger partial charge >= 0.3 is 0 Å². The molecule has 0 aromatic heterocycles. The highest BCUT2D eigenvalue weighted by Gasteiger charge is 2.22. The molecule has 0 amide bonds. The molecule has 1 fully saturated rings. The minimum absolute atomic E-state index is 0.834. The molecule has 0 aromatic rings. The summed E-state index contributed by atoms with van der Waals surface area (Å²) >= 11 is 4.30. The van der Waals surface area contributed by atoms with Crippen LogP contribution in [0.3, 0.4) is 0 Å². The SMILES string of the molecule is CC(CCS)CCN(C)C1CCCC(C)C1. The van der Waals surface area contributed by atoms with Gasteiger partial charge in [0.05, 0.1) is 0 Å². The maximum atomic E-state index is 4.30. The highest BCUT2D eigenvalue weighted by molar-refractivity contribution is 7.80. The Balaban J connectivity index is 2.20. The molecule has 1 nitrogen and oxygen atoms in total. The van der Waals surface area contributed by atoms with Gasteiger partial charge in [-0.25, -0.2) is 0 Å². The quantitative estimate of drug-likeness (QED) is 0.694. The van der Waals surface area contributed by atoms with E-state index in [0.717, 1.165) is 23.6 Å². The van der Waals surface area contributed by atoms with E-state index < -0.39 is 0 Å². The van der Waals surface area contributed by atoms with Crippen molar-refractivity contribution in [3.8, 4) is 0 Å². The van der Waals surface area contributed by atoms with Crippen molar-refractivity contribution in [1.82, 2.24) is 4.90 Å². The number of hydrogen-bond acceptors (Lipinski definition) is 2. The third-order valence-electron chi connectivity index (χ3n) is 4.13. The van der Waals surface area contributed by atoms with Gasteiger partial charge in [0.2, 0.25) is 0 Å². The van der Waals surface area contributed by atoms with Crippen molar-refractivity contribution in [2.45, 2.75) is 58.4 Å². The number of rotatable bonds is 6. The Kier molecular flexibility index (Phi) is 6.83. The van der Waals surface area contributed by atoms with Crippen molar-refractivity contribution >= 4 is 12.6 Å². The van der Waals surface area contributed by atoms with Gasteiger partial charge in [0.15, 0.2) is 0 Å². The lowest BCUT2D eigenvalue weighted by atomic mass is 9.86. The van der Waals surface area contributed by atoms with Crippen molar-refractivity contribution < 1.29 is 0 Å². The van der Waals surface area contributed by atoms with Crippen LogP contribution in [-0.4, -0.2) is 30.3 Å². The topological polar surface area (TPSA) is 3.24 Å². The molecule has 1 aliphatic carbocycles. The molecule has 3 atom stereocenters. The summed E-state index contributed by atoms with van der Waals surface area (Å²) in [6.07, 6.45) is 8.31. The van der Waals surface area contributed by atoms with Gasteiger partial charge in [0, 0.05) is 6.04 Å². The Morgan fingerprint density at radius 3 is 2.69 bits per heavy atom. The molecule has 1 saturated carbocycles. The van der Waals surface area contributed by atoms with E-state index in [9.17, 15) is 0 Å². The van der Waals surface area contributed by atoms with Crippen molar-refractivity contribution in [2.75, 3.05) is 19.3 Å². The molecule has 1 rings (SSSR count). The first-order valence-corrected chi connectivity index (χ1v) is 7.57. The summed E-state index contributed by atoms with van der Waals surface area (Å²) < 4.78 is 0. The maximum absolute atomic E-state index is 4.30. The van der Waals surface area contributed by atoms with E-state index in [1.807, 2.05) is 0 Å². The van der Waals surface area contributed by atoms with E-state index in [1.54, 1.807) is 0 Å². The van der Waals surface area contributed by atoms with Crippen LogP contribution in [-0.2, 0) is 0 Å². The van der Waals surface area contributed by atoms with Crippen LogP contribution >= 0.6 is 12.6 Å².